The second kappa shape index (κ2) is 10.5. The molecule has 1 aliphatic heterocycles. The molecule has 9 heteroatoms. The summed E-state index contributed by atoms with van der Waals surface area (Å²) in [6, 6.07) is 5.46. The van der Waals surface area contributed by atoms with Gasteiger partial charge in [0.1, 0.15) is 5.69 Å². The minimum atomic E-state index is -0.171. The van der Waals surface area contributed by atoms with E-state index in [2.05, 4.69) is 15.8 Å². The van der Waals surface area contributed by atoms with Gasteiger partial charge in [0.15, 0.2) is 5.58 Å². The topological polar surface area (TPSA) is 108 Å². The van der Waals surface area contributed by atoms with E-state index >= 15 is 0 Å². The zero-order valence-corrected chi connectivity index (χ0v) is 17.1. The summed E-state index contributed by atoms with van der Waals surface area (Å²) in [7, 11) is 0. The lowest BCUT2D eigenvalue weighted by Gasteiger charge is -2.26. The summed E-state index contributed by atoms with van der Waals surface area (Å²) >= 11 is 5.92. The van der Waals surface area contributed by atoms with Gasteiger partial charge in [-0.25, -0.2) is 4.79 Å². The number of hydrogen-bond acceptors (Lipinski definition) is 5. The lowest BCUT2D eigenvalue weighted by Crippen LogP contribution is -2.36. The first-order valence-corrected chi connectivity index (χ1v) is 10.4. The van der Waals surface area contributed by atoms with Crippen LogP contribution in [0.25, 0.3) is 11.0 Å². The number of amides is 3. The van der Waals surface area contributed by atoms with Crippen molar-refractivity contribution in [3.63, 3.8) is 0 Å². The standard InChI is InChI=1S/C12H12ClN3O2.C8H15NO2/c13-7-1-4-11-9(5-7)10(16-18-11)6-14-12(17)15-8-2-3-8;10-7-4-8(11)9-5-2-1-3-6-9/h1,4-5,8H,2-3,6H2,(H2,14,15,17);10H,1-7H2. The highest BCUT2D eigenvalue weighted by atomic mass is 35.5. The van der Waals surface area contributed by atoms with Gasteiger partial charge in [-0.05, 0) is 50.3 Å². The van der Waals surface area contributed by atoms with Crippen LogP contribution in [0.5, 0.6) is 0 Å². The van der Waals surface area contributed by atoms with Crippen LogP contribution in [0, 0.1) is 0 Å². The van der Waals surface area contributed by atoms with Crippen molar-refractivity contribution < 1.29 is 19.2 Å². The molecular formula is C20H27ClN4O4. The van der Waals surface area contributed by atoms with Crippen molar-refractivity contribution >= 4 is 34.5 Å². The number of hydrogen-bond donors (Lipinski definition) is 3. The smallest absolute Gasteiger partial charge is 0.315 e. The first-order chi connectivity index (χ1) is 14.1. The number of aromatic nitrogens is 1. The Labute approximate surface area is 174 Å². The van der Waals surface area contributed by atoms with Crippen LogP contribution in [0.3, 0.4) is 0 Å². The van der Waals surface area contributed by atoms with E-state index in [-0.39, 0.29) is 18.5 Å². The van der Waals surface area contributed by atoms with Crippen molar-refractivity contribution in [3.8, 4) is 0 Å². The Hall–Kier alpha value is -2.32. The fourth-order valence-electron chi connectivity index (χ4n) is 3.11. The number of aliphatic hydroxyl groups excluding tert-OH is 1. The van der Waals surface area contributed by atoms with Crippen molar-refractivity contribution in [2.45, 2.75) is 51.1 Å². The van der Waals surface area contributed by atoms with E-state index in [1.165, 1.54) is 6.42 Å². The van der Waals surface area contributed by atoms with Gasteiger partial charge in [-0.15, -0.1) is 0 Å². The van der Waals surface area contributed by atoms with Gasteiger partial charge in [0.2, 0.25) is 5.91 Å². The van der Waals surface area contributed by atoms with Crippen molar-refractivity contribution in [1.82, 2.24) is 20.7 Å². The zero-order chi connectivity index (χ0) is 20.6. The maximum Gasteiger partial charge on any atom is 0.315 e. The highest BCUT2D eigenvalue weighted by Gasteiger charge is 2.23. The Morgan fingerprint density at radius 1 is 1.24 bits per heavy atom. The SMILES string of the molecule is O=C(CCO)N1CCCCC1.O=C(NCc1noc2ccc(Cl)cc12)NC1CC1. The zero-order valence-electron chi connectivity index (χ0n) is 16.3. The van der Waals surface area contributed by atoms with E-state index in [1.54, 1.807) is 18.2 Å². The lowest BCUT2D eigenvalue weighted by molar-refractivity contribution is -0.132. The quantitative estimate of drug-likeness (QED) is 0.686. The van der Waals surface area contributed by atoms with Crippen LogP contribution in [0.1, 0.15) is 44.2 Å². The normalized spacial score (nSPS) is 16.1. The van der Waals surface area contributed by atoms with Crippen LogP contribution >= 0.6 is 11.6 Å². The molecule has 2 aliphatic rings. The molecule has 2 aromatic rings. The van der Waals surface area contributed by atoms with Crippen LogP contribution in [-0.4, -0.2) is 52.8 Å². The Morgan fingerprint density at radius 3 is 2.69 bits per heavy atom. The molecule has 1 aromatic carbocycles. The number of fused-ring (bicyclic) bond motifs is 1. The van der Waals surface area contributed by atoms with Gasteiger partial charge in [-0.2, -0.15) is 0 Å². The summed E-state index contributed by atoms with van der Waals surface area (Å²) in [5.41, 5.74) is 1.34. The number of halogens is 1. The van der Waals surface area contributed by atoms with E-state index in [0.29, 0.717) is 35.3 Å². The number of carbonyl (C=O) groups excluding carboxylic acids is 2. The van der Waals surface area contributed by atoms with E-state index in [0.717, 1.165) is 44.2 Å². The van der Waals surface area contributed by atoms with Crippen LogP contribution in [0.15, 0.2) is 22.7 Å². The number of likely N-dealkylation sites (tertiary alicyclic amines) is 1. The molecule has 158 valence electrons. The van der Waals surface area contributed by atoms with Crippen LogP contribution in [0.4, 0.5) is 4.79 Å². The predicted molar refractivity (Wildman–Crippen MR) is 110 cm³/mol. The van der Waals surface area contributed by atoms with Crippen LogP contribution < -0.4 is 10.6 Å². The first-order valence-electron chi connectivity index (χ1n) is 10.0. The average molecular weight is 423 g/mol. The number of nitrogens with zero attached hydrogens (tertiary/aromatic N) is 2. The molecule has 29 heavy (non-hydrogen) atoms. The maximum absolute atomic E-state index is 11.5. The lowest BCUT2D eigenvalue weighted by atomic mass is 10.1. The number of nitrogens with one attached hydrogen (secondary N) is 2. The van der Waals surface area contributed by atoms with Gasteiger partial charge in [0.05, 0.1) is 13.2 Å². The Morgan fingerprint density at radius 2 is 2.00 bits per heavy atom. The third kappa shape index (κ3) is 6.61. The Balaban J connectivity index is 0.000000188. The number of rotatable bonds is 5. The third-order valence-corrected chi connectivity index (χ3v) is 5.11. The largest absolute Gasteiger partial charge is 0.396 e. The van der Waals surface area contributed by atoms with Crippen LogP contribution in [-0.2, 0) is 11.3 Å². The fourth-order valence-corrected chi connectivity index (χ4v) is 3.29. The molecular weight excluding hydrogens is 396 g/mol. The van der Waals surface area contributed by atoms with E-state index in [4.69, 9.17) is 21.2 Å². The van der Waals surface area contributed by atoms with Crippen molar-refractivity contribution in [2.75, 3.05) is 19.7 Å². The maximum atomic E-state index is 11.5. The second-order valence-electron chi connectivity index (χ2n) is 7.29. The molecule has 1 aromatic heterocycles. The minimum Gasteiger partial charge on any atom is -0.396 e. The van der Waals surface area contributed by atoms with Gasteiger partial charge in [-0.1, -0.05) is 16.8 Å². The van der Waals surface area contributed by atoms with Crippen molar-refractivity contribution in [1.29, 1.82) is 0 Å². The predicted octanol–water partition coefficient (Wildman–Crippen LogP) is 2.82. The van der Waals surface area contributed by atoms with Crippen LogP contribution in [0.2, 0.25) is 5.02 Å². The molecule has 4 rings (SSSR count). The molecule has 0 unspecified atom stereocenters. The highest BCUT2D eigenvalue weighted by Crippen LogP contribution is 2.22. The second-order valence-corrected chi connectivity index (χ2v) is 7.72. The summed E-state index contributed by atoms with van der Waals surface area (Å²) in [4.78, 5) is 24.5. The molecule has 2 fully saturated rings. The molecule has 0 spiro atoms. The fraction of sp³-hybridized carbons (Fsp3) is 0.550. The minimum absolute atomic E-state index is 0.0185. The summed E-state index contributed by atoms with van der Waals surface area (Å²) in [5.74, 6) is 0.104. The monoisotopic (exact) mass is 422 g/mol. The Bertz CT molecular complexity index is 831. The number of carbonyl (C=O) groups is 2. The van der Waals surface area contributed by atoms with Gasteiger partial charge in [-0.3, -0.25) is 4.79 Å². The molecule has 2 heterocycles. The molecule has 1 saturated carbocycles. The number of urea groups is 1. The third-order valence-electron chi connectivity index (χ3n) is 4.87. The molecule has 0 radical (unpaired) electrons. The highest BCUT2D eigenvalue weighted by molar-refractivity contribution is 6.31. The van der Waals surface area contributed by atoms with Gasteiger partial charge >= 0.3 is 6.03 Å². The van der Waals surface area contributed by atoms with Gasteiger partial charge in [0, 0.05) is 36.0 Å². The molecule has 0 atom stereocenters. The molecule has 3 amide bonds. The van der Waals surface area contributed by atoms with Crippen molar-refractivity contribution in [2.24, 2.45) is 0 Å². The molecule has 1 aliphatic carbocycles. The summed E-state index contributed by atoms with van der Waals surface area (Å²) in [5, 5.41) is 19.5. The molecule has 3 N–H and O–H groups in total. The number of benzene rings is 1. The van der Waals surface area contributed by atoms with E-state index in [1.807, 2.05) is 4.90 Å². The van der Waals surface area contributed by atoms with Crippen molar-refractivity contribution in [3.05, 3.63) is 28.9 Å². The molecule has 0 bridgehead atoms. The summed E-state index contributed by atoms with van der Waals surface area (Å²) in [6.07, 6.45) is 5.91. The summed E-state index contributed by atoms with van der Waals surface area (Å²) < 4.78 is 5.15. The first kappa shape index (κ1) is 21.4. The number of aliphatic hydroxyl groups is 1. The summed E-state index contributed by atoms with van der Waals surface area (Å²) in [6.45, 7) is 2.08. The molecule has 8 nitrogen and oxygen atoms in total. The van der Waals surface area contributed by atoms with Gasteiger partial charge in [0.25, 0.3) is 0 Å². The van der Waals surface area contributed by atoms with Gasteiger partial charge < -0.3 is 25.2 Å². The molecule has 1 saturated heterocycles. The number of piperidine rings is 1. The Kier molecular flexibility index (Phi) is 7.71. The van der Waals surface area contributed by atoms with E-state index in [9.17, 15) is 9.59 Å². The average Bonchev–Trinajstić information content (AvgIpc) is 3.45. The van der Waals surface area contributed by atoms with E-state index < -0.39 is 0 Å².